The van der Waals surface area contributed by atoms with E-state index in [1.807, 2.05) is 43.3 Å². The zero-order valence-corrected chi connectivity index (χ0v) is 14.7. The molecule has 0 radical (unpaired) electrons. The van der Waals surface area contributed by atoms with E-state index in [1.165, 1.54) is 4.80 Å². The number of carbonyl (C=O) groups excluding carboxylic acids is 1. The largest absolute Gasteiger partial charge is 0.442 e. The van der Waals surface area contributed by atoms with E-state index in [-0.39, 0.29) is 5.76 Å². The number of rotatable bonds is 3. The molecule has 4 aromatic rings. The Morgan fingerprint density at radius 3 is 2.40 bits per heavy atom. The highest BCUT2D eigenvalue weighted by molar-refractivity contribution is 9.10. The maximum Gasteiger partial charge on any atom is 0.379 e. The van der Waals surface area contributed by atoms with Crippen molar-refractivity contribution < 1.29 is 13.9 Å². The van der Waals surface area contributed by atoms with Gasteiger partial charge in [-0.2, -0.15) is 0 Å². The Balaban J connectivity index is 1.76. The third-order valence-corrected chi connectivity index (χ3v) is 4.09. The number of ether oxygens (including phenoxy) is 1. The number of nitrogens with zero attached hydrogens (tertiary/aromatic N) is 3. The van der Waals surface area contributed by atoms with E-state index in [2.05, 4.69) is 26.1 Å². The fraction of sp³-hybridized carbons (Fsp3) is 0.0556. The summed E-state index contributed by atoms with van der Waals surface area (Å²) in [6.07, 6.45) is 0. The lowest BCUT2D eigenvalue weighted by molar-refractivity contribution is 0.0699. The number of hydrogen-bond acceptors (Lipinski definition) is 5. The third kappa shape index (κ3) is 2.94. The van der Waals surface area contributed by atoms with E-state index >= 15 is 0 Å². The topological polar surface area (TPSA) is 70.2 Å². The Hall–Kier alpha value is -2.93. The van der Waals surface area contributed by atoms with Crippen molar-refractivity contribution in [3.05, 3.63) is 70.6 Å². The summed E-state index contributed by atoms with van der Waals surface area (Å²) in [4.78, 5) is 13.8. The molecule has 4 rings (SSSR count). The molecule has 0 amide bonds. The van der Waals surface area contributed by atoms with Gasteiger partial charge in [0, 0.05) is 0 Å². The van der Waals surface area contributed by atoms with Crippen LogP contribution >= 0.6 is 15.9 Å². The second-order valence-electron chi connectivity index (χ2n) is 5.39. The number of esters is 1. The number of benzene rings is 2. The van der Waals surface area contributed by atoms with Gasteiger partial charge in [-0.25, -0.2) is 4.79 Å². The molecule has 2 heterocycles. The van der Waals surface area contributed by atoms with Gasteiger partial charge in [0.05, 0.1) is 0 Å². The molecule has 0 bridgehead atoms. The van der Waals surface area contributed by atoms with Crippen LogP contribution in [0.3, 0.4) is 0 Å². The molecule has 7 heteroatoms. The summed E-state index contributed by atoms with van der Waals surface area (Å²) in [5.74, 6) is -0.120. The second kappa shape index (κ2) is 6.18. The molecule has 0 aliphatic rings. The van der Waals surface area contributed by atoms with E-state index in [0.717, 1.165) is 16.6 Å². The lowest BCUT2D eigenvalue weighted by atomic mass is 10.2. The van der Waals surface area contributed by atoms with Crippen LogP contribution in [0.2, 0.25) is 0 Å². The van der Waals surface area contributed by atoms with Crippen LogP contribution < -0.4 is 4.74 Å². The predicted molar refractivity (Wildman–Crippen MR) is 95.0 cm³/mol. The van der Waals surface area contributed by atoms with Crippen molar-refractivity contribution in [2.45, 2.75) is 6.92 Å². The molecule has 6 nitrogen and oxygen atoms in total. The van der Waals surface area contributed by atoms with E-state index in [9.17, 15) is 4.79 Å². The van der Waals surface area contributed by atoms with Crippen LogP contribution in [-0.2, 0) is 0 Å². The lowest BCUT2D eigenvalue weighted by Gasteiger charge is -2.10. The van der Waals surface area contributed by atoms with Gasteiger partial charge in [0.2, 0.25) is 5.76 Å². The number of hydrogen-bond donors (Lipinski definition) is 0. The Labute approximate surface area is 151 Å². The number of aryl methyl sites for hydroxylation is 1. The maximum atomic E-state index is 12.3. The molecule has 0 N–H and O–H groups in total. The Kier molecular flexibility index (Phi) is 3.85. The van der Waals surface area contributed by atoms with Crippen molar-refractivity contribution >= 4 is 32.9 Å². The third-order valence-electron chi connectivity index (χ3n) is 3.66. The first-order chi connectivity index (χ1) is 12.1. The Bertz CT molecular complexity index is 1050. The first-order valence-corrected chi connectivity index (χ1v) is 8.31. The fourth-order valence-electron chi connectivity index (χ4n) is 2.50. The first kappa shape index (κ1) is 15.6. The summed E-state index contributed by atoms with van der Waals surface area (Å²) in [5.41, 5.74) is 3.01. The van der Waals surface area contributed by atoms with Crippen LogP contribution in [0.15, 0.2) is 63.7 Å². The minimum absolute atomic E-state index is 0.109. The van der Waals surface area contributed by atoms with Crippen molar-refractivity contribution in [2.24, 2.45) is 0 Å². The van der Waals surface area contributed by atoms with Crippen LogP contribution in [-0.4, -0.2) is 21.0 Å². The second-order valence-corrected chi connectivity index (χ2v) is 6.17. The van der Waals surface area contributed by atoms with E-state index in [0.29, 0.717) is 16.1 Å². The van der Waals surface area contributed by atoms with Crippen LogP contribution in [0, 0.1) is 6.92 Å². The first-order valence-electron chi connectivity index (χ1n) is 7.51. The van der Waals surface area contributed by atoms with Crippen LogP contribution in [0.5, 0.6) is 5.75 Å². The smallest absolute Gasteiger partial charge is 0.379 e. The molecular formula is C18H12BrN3O3. The number of fused-ring (bicyclic) bond motifs is 1. The molecule has 0 spiro atoms. The Morgan fingerprint density at radius 2 is 1.76 bits per heavy atom. The highest BCUT2D eigenvalue weighted by atomic mass is 79.9. The van der Waals surface area contributed by atoms with Crippen molar-refractivity contribution in [1.82, 2.24) is 15.0 Å². The molecule has 0 unspecified atom stereocenters. The van der Waals surface area contributed by atoms with E-state index in [4.69, 9.17) is 9.15 Å². The van der Waals surface area contributed by atoms with Gasteiger partial charge in [-0.15, -0.1) is 15.0 Å². The summed E-state index contributed by atoms with van der Waals surface area (Å²) >= 11 is 3.17. The van der Waals surface area contributed by atoms with Crippen LogP contribution in [0.4, 0.5) is 0 Å². The number of carbonyl (C=O) groups is 1. The molecule has 25 heavy (non-hydrogen) atoms. The lowest BCUT2D eigenvalue weighted by Crippen LogP contribution is -2.11. The number of aromatic nitrogens is 3. The van der Waals surface area contributed by atoms with Gasteiger partial charge in [-0.05, 0) is 58.7 Å². The molecule has 0 aliphatic heterocycles. The summed E-state index contributed by atoms with van der Waals surface area (Å²) in [6, 6.07) is 16.1. The average Bonchev–Trinajstić information content (AvgIpc) is 3.20. The summed E-state index contributed by atoms with van der Waals surface area (Å²) in [6.45, 7) is 1.91. The molecule has 0 saturated carbocycles. The minimum atomic E-state index is -0.589. The molecule has 2 aromatic heterocycles. The average molecular weight is 398 g/mol. The van der Waals surface area contributed by atoms with Gasteiger partial charge in [0.15, 0.2) is 10.4 Å². The summed E-state index contributed by atoms with van der Waals surface area (Å²) in [7, 11) is 0. The number of furan rings is 1. The van der Waals surface area contributed by atoms with Crippen molar-refractivity contribution in [3.63, 3.8) is 0 Å². The number of para-hydroxylation sites is 1. The molecule has 124 valence electrons. The van der Waals surface area contributed by atoms with Gasteiger partial charge >= 0.3 is 5.97 Å². The van der Waals surface area contributed by atoms with E-state index < -0.39 is 5.97 Å². The quantitative estimate of drug-likeness (QED) is 0.380. The molecule has 2 aromatic carbocycles. The van der Waals surface area contributed by atoms with Crippen LogP contribution in [0.1, 0.15) is 16.1 Å². The maximum absolute atomic E-state index is 12.3. The molecule has 0 fully saturated rings. The zero-order chi connectivity index (χ0) is 17.4. The standard InChI is InChI=1S/C18H12BrN3O3/c1-11-5-4-8-14(25-18(23)15-9-10-16(19)24-15)17(11)22-20-12-6-2-3-7-13(12)21-22/h2-10H,1H3. The van der Waals surface area contributed by atoms with Crippen molar-refractivity contribution in [1.29, 1.82) is 0 Å². The van der Waals surface area contributed by atoms with E-state index in [1.54, 1.807) is 18.2 Å². The Morgan fingerprint density at radius 1 is 1.04 bits per heavy atom. The van der Waals surface area contributed by atoms with Crippen molar-refractivity contribution in [2.75, 3.05) is 0 Å². The summed E-state index contributed by atoms with van der Waals surface area (Å²) in [5, 5.41) is 8.94. The minimum Gasteiger partial charge on any atom is -0.442 e. The predicted octanol–water partition coefficient (Wildman–Crippen LogP) is 4.30. The van der Waals surface area contributed by atoms with Gasteiger partial charge in [-0.3, -0.25) is 0 Å². The van der Waals surface area contributed by atoms with Gasteiger partial charge in [0.25, 0.3) is 0 Å². The van der Waals surface area contributed by atoms with Crippen LogP contribution in [0.25, 0.3) is 16.7 Å². The monoisotopic (exact) mass is 397 g/mol. The van der Waals surface area contributed by atoms with Gasteiger partial charge < -0.3 is 9.15 Å². The highest BCUT2D eigenvalue weighted by Crippen LogP contribution is 2.27. The highest BCUT2D eigenvalue weighted by Gasteiger charge is 2.18. The van der Waals surface area contributed by atoms with Gasteiger partial charge in [-0.1, -0.05) is 24.3 Å². The number of halogens is 1. The SMILES string of the molecule is Cc1cccc(OC(=O)c2ccc(Br)o2)c1-n1nc2ccccc2n1. The normalized spacial score (nSPS) is 11.0. The zero-order valence-electron chi connectivity index (χ0n) is 13.1. The molecule has 0 aliphatic carbocycles. The molecular weight excluding hydrogens is 386 g/mol. The molecule has 0 saturated heterocycles. The molecule has 0 atom stereocenters. The van der Waals surface area contributed by atoms with Gasteiger partial charge in [0.1, 0.15) is 16.7 Å². The van der Waals surface area contributed by atoms with Crippen molar-refractivity contribution in [3.8, 4) is 11.4 Å². The summed E-state index contributed by atoms with van der Waals surface area (Å²) < 4.78 is 11.2. The fourth-order valence-corrected chi connectivity index (χ4v) is 2.81.